The molecule has 0 N–H and O–H groups in total. The summed E-state index contributed by atoms with van der Waals surface area (Å²) in [6, 6.07) is 0. The maximum absolute atomic E-state index is 12.4. The van der Waals surface area contributed by atoms with Crippen LogP contribution in [0.1, 0.15) is 54.4 Å². The molecular formula is C16H19N3O3S. The molecule has 1 saturated heterocycles. The standard InChI is InChI=1S/C16H19N3O3S/c20-15(19-8-12(9-19)22-16-17-6-7-23-16)13-10-21-14(18-13)11-4-2-1-3-5-11/h6-7,10-12H,1-5,8-9H2. The highest BCUT2D eigenvalue weighted by Gasteiger charge is 2.35. The zero-order valence-electron chi connectivity index (χ0n) is 12.8. The van der Waals surface area contributed by atoms with Crippen LogP contribution in [0.5, 0.6) is 5.19 Å². The van der Waals surface area contributed by atoms with Crippen LogP contribution in [0.15, 0.2) is 22.3 Å². The van der Waals surface area contributed by atoms with Gasteiger partial charge in [-0.3, -0.25) is 4.79 Å². The number of hydrogen-bond acceptors (Lipinski definition) is 6. The molecule has 0 radical (unpaired) electrons. The van der Waals surface area contributed by atoms with Crippen LogP contribution < -0.4 is 4.74 Å². The zero-order valence-corrected chi connectivity index (χ0v) is 13.6. The van der Waals surface area contributed by atoms with Crippen molar-refractivity contribution in [2.24, 2.45) is 0 Å². The maximum Gasteiger partial charge on any atom is 0.276 e. The molecule has 3 heterocycles. The molecule has 0 bridgehead atoms. The molecule has 7 heteroatoms. The summed E-state index contributed by atoms with van der Waals surface area (Å²) in [5.41, 5.74) is 0.415. The number of carbonyl (C=O) groups excluding carboxylic acids is 1. The smallest absolute Gasteiger partial charge is 0.276 e. The van der Waals surface area contributed by atoms with Crippen LogP contribution in [-0.4, -0.2) is 40.0 Å². The van der Waals surface area contributed by atoms with Crippen molar-refractivity contribution in [2.75, 3.05) is 13.1 Å². The van der Waals surface area contributed by atoms with Gasteiger partial charge >= 0.3 is 0 Å². The summed E-state index contributed by atoms with van der Waals surface area (Å²) < 4.78 is 11.2. The van der Waals surface area contributed by atoms with E-state index in [0.29, 0.717) is 29.9 Å². The maximum atomic E-state index is 12.4. The Kier molecular flexibility index (Phi) is 4.03. The lowest BCUT2D eigenvalue weighted by Gasteiger charge is -2.37. The lowest BCUT2D eigenvalue weighted by atomic mass is 9.89. The summed E-state index contributed by atoms with van der Waals surface area (Å²) in [6.45, 7) is 1.15. The molecule has 2 aromatic rings. The van der Waals surface area contributed by atoms with Crippen molar-refractivity contribution in [1.82, 2.24) is 14.9 Å². The summed E-state index contributed by atoms with van der Waals surface area (Å²) in [7, 11) is 0. The number of aromatic nitrogens is 2. The Morgan fingerprint density at radius 3 is 2.87 bits per heavy atom. The van der Waals surface area contributed by atoms with E-state index in [9.17, 15) is 4.79 Å². The second-order valence-electron chi connectivity index (χ2n) is 6.15. The minimum Gasteiger partial charge on any atom is -0.463 e. The van der Waals surface area contributed by atoms with Gasteiger partial charge in [0.25, 0.3) is 11.1 Å². The normalized spacial score (nSPS) is 19.6. The number of oxazole rings is 1. The first-order chi connectivity index (χ1) is 11.3. The average molecular weight is 333 g/mol. The minimum atomic E-state index is -0.0743. The Labute approximate surface area is 138 Å². The topological polar surface area (TPSA) is 68.5 Å². The molecule has 23 heavy (non-hydrogen) atoms. The molecule has 1 aliphatic heterocycles. The van der Waals surface area contributed by atoms with Gasteiger partial charge in [-0.05, 0) is 12.8 Å². The summed E-state index contributed by atoms with van der Waals surface area (Å²) in [5, 5.41) is 2.53. The molecule has 0 atom stereocenters. The molecule has 0 unspecified atom stereocenters. The molecule has 2 aliphatic rings. The van der Waals surface area contributed by atoms with E-state index in [1.165, 1.54) is 36.9 Å². The summed E-state index contributed by atoms with van der Waals surface area (Å²) >= 11 is 1.46. The van der Waals surface area contributed by atoms with Gasteiger partial charge in [0.2, 0.25) is 0 Å². The third-order valence-corrected chi connectivity index (χ3v) is 5.17. The van der Waals surface area contributed by atoms with Gasteiger partial charge in [0, 0.05) is 17.5 Å². The number of carbonyl (C=O) groups is 1. The van der Waals surface area contributed by atoms with E-state index >= 15 is 0 Å². The van der Waals surface area contributed by atoms with E-state index in [0.717, 1.165) is 18.7 Å². The van der Waals surface area contributed by atoms with Crippen molar-refractivity contribution < 1.29 is 13.9 Å². The van der Waals surface area contributed by atoms with Gasteiger partial charge in [-0.15, -0.1) is 0 Å². The third-order valence-electron chi connectivity index (χ3n) is 4.51. The van der Waals surface area contributed by atoms with E-state index < -0.39 is 0 Å². The highest BCUT2D eigenvalue weighted by atomic mass is 32.1. The predicted octanol–water partition coefficient (Wildman–Crippen LogP) is 3.08. The van der Waals surface area contributed by atoms with Gasteiger partial charge in [-0.2, -0.15) is 0 Å². The molecule has 122 valence electrons. The Morgan fingerprint density at radius 2 is 2.13 bits per heavy atom. The van der Waals surface area contributed by atoms with E-state index in [1.807, 2.05) is 5.38 Å². The fourth-order valence-corrected chi connectivity index (χ4v) is 3.73. The number of ether oxygens (including phenoxy) is 1. The molecule has 1 amide bonds. The van der Waals surface area contributed by atoms with Gasteiger partial charge < -0.3 is 14.1 Å². The molecule has 4 rings (SSSR count). The van der Waals surface area contributed by atoms with Crippen molar-refractivity contribution in [3.63, 3.8) is 0 Å². The number of likely N-dealkylation sites (tertiary alicyclic amines) is 1. The fraction of sp³-hybridized carbons (Fsp3) is 0.562. The third kappa shape index (κ3) is 3.10. The second-order valence-corrected chi connectivity index (χ2v) is 7.01. The van der Waals surface area contributed by atoms with E-state index in [2.05, 4.69) is 9.97 Å². The van der Waals surface area contributed by atoms with Gasteiger partial charge in [0.15, 0.2) is 11.6 Å². The Hall–Kier alpha value is -1.89. The van der Waals surface area contributed by atoms with Crippen molar-refractivity contribution in [1.29, 1.82) is 0 Å². The molecule has 0 aromatic carbocycles. The van der Waals surface area contributed by atoms with Gasteiger partial charge in [-0.1, -0.05) is 30.6 Å². The molecule has 1 saturated carbocycles. The van der Waals surface area contributed by atoms with Crippen LogP contribution in [0.2, 0.25) is 0 Å². The molecule has 0 spiro atoms. The number of amides is 1. The largest absolute Gasteiger partial charge is 0.463 e. The molecule has 6 nitrogen and oxygen atoms in total. The van der Waals surface area contributed by atoms with Crippen LogP contribution in [0, 0.1) is 0 Å². The molecule has 2 aromatic heterocycles. The van der Waals surface area contributed by atoms with E-state index in [1.54, 1.807) is 11.1 Å². The van der Waals surface area contributed by atoms with Crippen molar-refractivity contribution in [2.45, 2.75) is 44.1 Å². The Bertz CT molecular complexity index is 658. The van der Waals surface area contributed by atoms with Crippen molar-refractivity contribution >= 4 is 17.2 Å². The first kappa shape index (κ1) is 14.7. The zero-order chi connectivity index (χ0) is 15.6. The van der Waals surface area contributed by atoms with Gasteiger partial charge in [0.05, 0.1) is 13.1 Å². The number of rotatable bonds is 4. The molecular weight excluding hydrogens is 314 g/mol. The fourth-order valence-electron chi connectivity index (χ4n) is 3.17. The van der Waals surface area contributed by atoms with Crippen LogP contribution in [0.3, 0.4) is 0 Å². The number of thiazole rings is 1. The Balaban J connectivity index is 1.32. The summed E-state index contributed by atoms with van der Waals surface area (Å²) in [5.74, 6) is 1.03. The quantitative estimate of drug-likeness (QED) is 0.860. The van der Waals surface area contributed by atoms with Gasteiger partial charge in [-0.25, -0.2) is 9.97 Å². The molecule has 1 aliphatic carbocycles. The first-order valence-corrected chi connectivity index (χ1v) is 8.98. The monoisotopic (exact) mass is 333 g/mol. The van der Waals surface area contributed by atoms with E-state index in [-0.39, 0.29) is 12.0 Å². The number of nitrogens with zero attached hydrogens (tertiary/aromatic N) is 3. The highest BCUT2D eigenvalue weighted by Crippen LogP contribution is 2.32. The average Bonchev–Trinajstić information content (AvgIpc) is 3.22. The Morgan fingerprint density at radius 1 is 1.30 bits per heavy atom. The van der Waals surface area contributed by atoms with Crippen LogP contribution >= 0.6 is 11.3 Å². The molecule has 2 fully saturated rings. The van der Waals surface area contributed by atoms with E-state index in [4.69, 9.17) is 9.15 Å². The lowest BCUT2D eigenvalue weighted by Crippen LogP contribution is -2.56. The van der Waals surface area contributed by atoms with Crippen LogP contribution in [-0.2, 0) is 0 Å². The summed E-state index contributed by atoms with van der Waals surface area (Å²) in [6.07, 6.45) is 9.19. The van der Waals surface area contributed by atoms with Crippen molar-refractivity contribution in [3.8, 4) is 5.19 Å². The summed E-state index contributed by atoms with van der Waals surface area (Å²) in [4.78, 5) is 22.7. The van der Waals surface area contributed by atoms with Crippen LogP contribution in [0.25, 0.3) is 0 Å². The van der Waals surface area contributed by atoms with Gasteiger partial charge in [0.1, 0.15) is 12.4 Å². The predicted molar refractivity (Wildman–Crippen MR) is 84.8 cm³/mol. The van der Waals surface area contributed by atoms with Crippen LogP contribution in [0.4, 0.5) is 0 Å². The minimum absolute atomic E-state index is 0.0230. The first-order valence-electron chi connectivity index (χ1n) is 8.10. The lowest BCUT2D eigenvalue weighted by molar-refractivity contribution is 0.0172. The SMILES string of the molecule is O=C(c1coc(C2CCCCC2)n1)N1CC(Oc2nccs2)C1. The van der Waals surface area contributed by atoms with Crippen molar-refractivity contribution in [3.05, 3.63) is 29.4 Å². The highest BCUT2D eigenvalue weighted by molar-refractivity contribution is 7.11. The second kappa shape index (κ2) is 6.31. The number of hydrogen-bond donors (Lipinski definition) is 0.